The fraction of sp³-hybridized carbons (Fsp3) is 0.467. The van der Waals surface area contributed by atoms with Crippen LogP contribution >= 0.6 is 23.4 Å². The highest BCUT2D eigenvalue weighted by Gasteiger charge is 2.30. The molecule has 0 radical (unpaired) electrons. The molecule has 22 heavy (non-hydrogen) atoms. The first-order valence-electron chi connectivity index (χ1n) is 7.04. The van der Waals surface area contributed by atoms with Crippen molar-refractivity contribution >= 4 is 40.9 Å². The quantitative estimate of drug-likeness (QED) is 0.883. The van der Waals surface area contributed by atoms with Crippen LogP contribution in [-0.2, 0) is 9.59 Å². The van der Waals surface area contributed by atoms with Crippen molar-refractivity contribution in [3.63, 3.8) is 0 Å². The first-order chi connectivity index (χ1) is 10.5. The van der Waals surface area contributed by atoms with E-state index in [0.717, 1.165) is 5.69 Å². The molecular formula is C15H19ClN2O3S. The van der Waals surface area contributed by atoms with Gasteiger partial charge in [-0.3, -0.25) is 9.59 Å². The fourth-order valence-electron chi connectivity index (χ4n) is 2.34. The Morgan fingerprint density at radius 3 is 2.86 bits per heavy atom. The molecule has 2 rings (SSSR count). The number of piperazine rings is 1. The molecule has 0 saturated carbocycles. The number of benzene rings is 1. The summed E-state index contributed by atoms with van der Waals surface area (Å²) < 4.78 is 0. The Balaban J connectivity index is 1.98. The van der Waals surface area contributed by atoms with Gasteiger partial charge >= 0.3 is 0 Å². The second-order valence-electron chi connectivity index (χ2n) is 5.08. The third-order valence-corrected chi connectivity index (χ3v) is 4.41. The molecule has 1 fully saturated rings. The molecule has 1 aliphatic heterocycles. The van der Waals surface area contributed by atoms with Gasteiger partial charge in [0.05, 0.1) is 0 Å². The highest BCUT2D eigenvalue weighted by Crippen LogP contribution is 2.21. The van der Waals surface area contributed by atoms with Crippen molar-refractivity contribution in [3.8, 4) is 0 Å². The minimum atomic E-state index is -1.03. The maximum absolute atomic E-state index is 12.3. The molecule has 0 unspecified atom stereocenters. The average molecular weight is 343 g/mol. The van der Waals surface area contributed by atoms with Crippen LogP contribution in [0.4, 0.5) is 5.69 Å². The van der Waals surface area contributed by atoms with Crippen LogP contribution in [0.3, 0.4) is 0 Å². The van der Waals surface area contributed by atoms with Gasteiger partial charge in [-0.15, -0.1) is 0 Å². The summed E-state index contributed by atoms with van der Waals surface area (Å²) in [6.45, 7) is 0.801. The smallest absolute Gasteiger partial charge is 0.251 e. The van der Waals surface area contributed by atoms with Crippen LogP contribution in [0, 0.1) is 0 Å². The molecule has 5 nitrogen and oxygen atoms in total. The van der Waals surface area contributed by atoms with E-state index in [1.807, 2.05) is 12.3 Å². The molecule has 1 heterocycles. The topological polar surface area (TPSA) is 60.9 Å². The lowest BCUT2D eigenvalue weighted by atomic mass is 10.2. The zero-order valence-electron chi connectivity index (χ0n) is 12.4. The number of rotatable bonds is 5. The average Bonchev–Trinajstić information content (AvgIpc) is 2.51. The number of halogens is 1. The van der Waals surface area contributed by atoms with Crippen LogP contribution in [0.15, 0.2) is 24.3 Å². The Kier molecular flexibility index (Phi) is 6.11. The Hall–Kier alpha value is -1.24. The van der Waals surface area contributed by atoms with Crippen LogP contribution < -0.4 is 4.90 Å². The largest absolute Gasteiger partial charge is 0.383 e. The van der Waals surface area contributed by atoms with Crippen molar-refractivity contribution in [2.45, 2.75) is 12.5 Å². The van der Waals surface area contributed by atoms with Crippen molar-refractivity contribution in [2.24, 2.45) is 0 Å². The molecule has 1 aromatic carbocycles. The summed E-state index contributed by atoms with van der Waals surface area (Å²) in [5, 5.41) is 10.4. The summed E-state index contributed by atoms with van der Waals surface area (Å²) in [5.41, 5.74) is 0.729. The molecule has 0 bridgehead atoms. The Morgan fingerprint density at radius 2 is 2.23 bits per heavy atom. The van der Waals surface area contributed by atoms with Gasteiger partial charge in [0.1, 0.15) is 12.6 Å². The standard InChI is InChI=1S/C15H19ClN2O3S/c1-22-8-5-13(19)15(21)17-6-7-18(14(20)10-17)12-4-2-3-11(16)9-12/h2-4,9,13,19H,5-8,10H2,1H3/t13-/m0/s1. The summed E-state index contributed by atoms with van der Waals surface area (Å²) in [7, 11) is 0. The van der Waals surface area contributed by atoms with E-state index in [4.69, 9.17) is 11.6 Å². The minimum Gasteiger partial charge on any atom is -0.383 e. The summed E-state index contributed by atoms with van der Waals surface area (Å²) in [6, 6.07) is 7.07. The maximum Gasteiger partial charge on any atom is 0.251 e. The molecule has 120 valence electrons. The van der Waals surface area contributed by atoms with Gasteiger partial charge in [0, 0.05) is 23.8 Å². The zero-order valence-corrected chi connectivity index (χ0v) is 13.9. The number of carbonyl (C=O) groups excluding carboxylic acids is 2. The number of aliphatic hydroxyl groups excluding tert-OH is 1. The molecule has 1 saturated heterocycles. The maximum atomic E-state index is 12.3. The van der Waals surface area contributed by atoms with Crippen molar-refractivity contribution < 1.29 is 14.7 Å². The van der Waals surface area contributed by atoms with Gasteiger partial charge < -0.3 is 14.9 Å². The molecule has 0 aliphatic carbocycles. The molecule has 2 amide bonds. The third-order valence-electron chi connectivity index (χ3n) is 3.53. The Bertz CT molecular complexity index is 555. The molecule has 1 N–H and O–H groups in total. The summed E-state index contributed by atoms with van der Waals surface area (Å²) in [6.07, 6.45) is 1.30. The van der Waals surface area contributed by atoms with E-state index in [2.05, 4.69) is 0 Å². The van der Waals surface area contributed by atoms with E-state index in [9.17, 15) is 14.7 Å². The van der Waals surface area contributed by atoms with Crippen molar-refractivity contribution in [2.75, 3.05) is 36.5 Å². The summed E-state index contributed by atoms with van der Waals surface area (Å²) >= 11 is 7.52. The number of amides is 2. The lowest BCUT2D eigenvalue weighted by molar-refractivity contribution is -0.144. The predicted molar refractivity (Wildman–Crippen MR) is 89.4 cm³/mol. The van der Waals surface area contributed by atoms with Crippen molar-refractivity contribution in [1.82, 2.24) is 4.90 Å². The monoisotopic (exact) mass is 342 g/mol. The first-order valence-corrected chi connectivity index (χ1v) is 8.82. The zero-order chi connectivity index (χ0) is 16.1. The van der Waals surface area contributed by atoms with E-state index in [1.54, 1.807) is 34.9 Å². The molecular weight excluding hydrogens is 324 g/mol. The van der Waals surface area contributed by atoms with E-state index in [0.29, 0.717) is 30.3 Å². The Morgan fingerprint density at radius 1 is 1.45 bits per heavy atom. The Labute approximate surface area is 139 Å². The van der Waals surface area contributed by atoms with E-state index in [-0.39, 0.29) is 18.4 Å². The van der Waals surface area contributed by atoms with E-state index in [1.165, 1.54) is 4.90 Å². The van der Waals surface area contributed by atoms with Crippen molar-refractivity contribution in [1.29, 1.82) is 0 Å². The fourth-order valence-corrected chi connectivity index (χ4v) is 2.99. The van der Waals surface area contributed by atoms with Crippen LogP contribution in [0.2, 0.25) is 5.02 Å². The molecule has 7 heteroatoms. The number of aliphatic hydroxyl groups is 1. The number of hydrogen-bond donors (Lipinski definition) is 1. The van der Waals surface area contributed by atoms with Crippen molar-refractivity contribution in [3.05, 3.63) is 29.3 Å². The van der Waals surface area contributed by atoms with Gasteiger partial charge in [-0.1, -0.05) is 17.7 Å². The van der Waals surface area contributed by atoms with Gasteiger partial charge in [-0.2, -0.15) is 11.8 Å². The highest BCUT2D eigenvalue weighted by molar-refractivity contribution is 7.98. The number of anilines is 1. The van der Waals surface area contributed by atoms with Gasteiger partial charge in [-0.25, -0.2) is 0 Å². The molecule has 1 aliphatic rings. The molecule has 0 aromatic heterocycles. The van der Waals surface area contributed by atoms with Crippen LogP contribution in [0.5, 0.6) is 0 Å². The highest BCUT2D eigenvalue weighted by atomic mass is 35.5. The van der Waals surface area contributed by atoms with Crippen LogP contribution in [0.1, 0.15) is 6.42 Å². The first kappa shape index (κ1) is 17.1. The van der Waals surface area contributed by atoms with Crippen LogP contribution in [-0.4, -0.2) is 59.6 Å². The second kappa shape index (κ2) is 7.85. The summed E-state index contributed by atoms with van der Waals surface area (Å²) in [5.74, 6) is 0.177. The number of nitrogens with zero attached hydrogens (tertiary/aromatic N) is 2. The lowest BCUT2D eigenvalue weighted by Gasteiger charge is -2.35. The van der Waals surface area contributed by atoms with Gasteiger partial charge in [0.2, 0.25) is 5.91 Å². The van der Waals surface area contributed by atoms with Gasteiger partial charge in [-0.05, 0) is 36.6 Å². The predicted octanol–water partition coefficient (Wildman–Crippen LogP) is 1.63. The lowest BCUT2D eigenvalue weighted by Crippen LogP contribution is -2.54. The SMILES string of the molecule is CSCC[C@H](O)C(=O)N1CCN(c2cccc(Cl)c2)C(=O)C1. The number of thioether (sulfide) groups is 1. The third kappa shape index (κ3) is 4.15. The molecule has 1 atom stereocenters. The molecule has 1 aromatic rings. The van der Waals surface area contributed by atoms with Gasteiger partial charge in [0.15, 0.2) is 0 Å². The van der Waals surface area contributed by atoms with E-state index >= 15 is 0 Å². The molecule has 0 spiro atoms. The minimum absolute atomic E-state index is 0.0122. The second-order valence-corrected chi connectivity index (χ2v) is 6.50. The van der Waals surface area contributed by atoms with Crippen LogP contribution in [0.25, 0.3) is 0 Å². The summed E-state index contributed by atoms with van der Waals surface area (Å²) in [4.78, 5) is 27.4. The van der Waals surface area contributed by atoms with Gasteiger partial charge in [0.25, 0.3) is 5.91 Å². The normalized spacial score (nSPS) is 16.8. The number of hydrogen-bond acceptors (Lipinski definition) is 4. The number of carbonyl (C=O) groups is 2. The van der Waals surface area contributed by atoms with E-state index < -0.39 is 6.10 Å².